The van der Waals surface area contributed by atoms with E-state index in [-0.39, 0.29) is 50.0 Å². The largest absolute Gasteiger partial charge is 0.461 e. The first-order valence-electron chi connectivity index (χ1n) is 23.8. The van der Waals surface area contributed by atoms with Crippen molar-refractivity contribution >= 4 is 47.4 Å². The summed E-state index contributed by atoms with van der Waals surface area (Å²) >= 11 is 0. The van der Waals surface area contributed by atoms with E-state index >= 15 is 0 Å². The number of amides is 2. The van der Waals surface area contributed by atoms with Crippen LogP contribution in [0.5, 0.6) is 0 Å². The van der Waals surface area contributed by atoms with Crippen LogP contribution in [0.15, 0.2) is 97.3 Å². The molecule has 4 heterocycles. The monoisotopic (exact) mass is 988 g/mol. The highest BCUT2D eigenvalue weighted by molar-refractivity contribution is 5.89. The summed E-state index contributed by atoms with van der Waals surface area (Å²) in [7, 11) is 0. The van der Waals surface area contributed by atoms with Gasteiger partial charge < -0.3 is 47.9 Å². The molecule has 2 amide bonds. The Morgan fingerprint density at radius 2 is 0.931 bits per heavy atom. The number of nitrogens with zero attached hydrogens (tertiary/aromatic N) is 4. The van der Waals surface area contributed by atoms with Crippen LogP contribution in [0.1, 0.15) is 126 Å². The molecule has 6 aromatic rings. The highest BCUT2D eigenvalue weighted by Crippen LogP contribution is 2.44. The van der Waals surface area contributed by atoms with E-state index in [0.717, 1.165) is 22.3 Å². The first-order valence-corrected chi connectivity index (χ1v) is 23.8. The van der Waals surface area contributed by atoms with E-state index in [9.17, 15) is 28.8 Å². The maximum atomic E-state index is 13.2. The number of imidazole rings is 2. The summed E-state index contributed by atoms with van der Waals surface area (Å²) in [5.41, 5.74) is 4.83. The van der Waals surface area contributed by atoms with Gasteiger partial charge in [-0.3, -0.25) is 0 Å². The Bertz CT molecular complexity index is 2890. The number of carbonyl (C=O) groups excluding carboxylic acids is 6. The first kappa shape index (κ1) is 53.6. The molecule has 0 bridgehead atoms. The summed E-state index contributed by atoms with van der Waals surface area (Å²) < 4.78 is 35.6. The number of carbonyl (C=O) groups is 6. The van der Waals surface area contributed by atoms with Gasteiger partial charge in [-0.05, 0) is 123 Å². The Balaban J connectivity index is 0.000000246. The lowest BCUT2D eigenvalue weighted by molar-refractivity contribution is -0.158. The van der Waals surface area contributed by atoms with Gasteiger partial charge in [-0.2, -0.15) is 0 Å². The van der Waals surface area contributed by atoms with Crippen molar-refractivity contribution in [3.05, 3.63) is 131 Å². The standard InChI is InChI=1S/C32H33N3O6.C22H31N3O6/c1-5-39-29(36)27-18-35-20(11-10-16-28(35)33-27)17-26(30(37)41-32(2,3)4)34-31(38)40-19-25-23-14-8-6-12-21(23)22-13-7-9-15-24(22)25;1-8-29-18(26)16-13-25-14(10-9-11-17(25)23-16)12-15(19(27)30-21(2,3)4)24-20(28)31-22(5,6)7/h6-16,18,25-26H,5,17,19H2,1-4H3,(H,34,38);9-11,13,15H,8,12H2,1-7H3,(H,24,28)/t26-;15-/m00/s1. The van der Waals surface area contributed by atoms with Crippen LogP contribution < -0.4 is 10.6 Å². The van der Waals surface area contributed by atoms with E-state index in [1.54, 1.807) is 134 Å². The lowest BCUT2D eigenvalue weighted by atomic mass is 9.98. The van der Waals surface area contributed by atoms with Gasteiger partial charge in [0, 0.05) is 42.5 Å². The zero-order chi connectivity index (χ0) is 52.5. The minimum Gasteiger partial charge on any atom is -0.461 e. The quantitative estimate of drug-likeness (QED) is 0.0772. The highest BCUT2D eigenvalue weighted by atomic mass is 16.6. The van der Waals surface area contributed by atoms with E-state index in [1.165, 1.54) is 0 Å². The number of fused-ring (bicyclic) bond motifs is 5. The topological polar surface area (TPSA) is 216 Å². The molecule has 1 aliphatic rings. The molecule has 18 heteroatoms. The van der Waals surface area contributed by atoms with Crippen LogP contribution in [0, 0.1) is 0 Å². The molecule has 2 atom stereocenters. The Morgan fingerprint density at radius 3 is 1.33 bits per heavy atom. The molecule has 0 spiro atoms. The van der Waals surface area contributed by atoms with Crippen LogP contribution in [0.3, 0.4) is 0 Å². The van der Waals surface area contributed by atoms with E-state index in [4.69, 9.17) is 28.4 Å². The molecule has 72 heavy (non-hydrogen) atoms. The summed E-state index contributed by atoms with van der Waals surface area (Å²) in [6, 6.07) is 24.7. The SMILES string of the molecule is CCOC(=O)c1cn2c(C[C@H](NC(=O)OC(C)(C)C)C(=O)OC(C)(C)C)cccc2n1.CCOC(=O)c1cn2c(C[C@H](NC(=O)OCC3c4ccccc4-c4ccccc43)C(=O)OC(C)(C)C)cccc2n1. The third-order valence-corrected chi connectivity index (χ3v) is 10.7. The van der Waals surface area contributed by atoms with Crippen LogP contribution in [-0.2, 0) is 50.9 Å². The number of hydrogen-bond acceptors (Lipinski definition) is 14. The van der Waals surface area contributed by atoms with Gasteiger partial charge in [0.1, 0.15) is 46.8 Å². The zero-order valence-electron chi connectivity index (χ0n) is 42.7. The van der Waals surface area contributed by atoms with Gasteiger partial charge in [0.05, 0.1) is 13.2 Å². The number of benzene rings is 2. The number of ether oxygens (including phenoxy) is 6. The van der Waals surface area contributed by atoms with Crippen molar-refractivity contribution in [1.29, 1.82) is 0 Å². The molecule has 1 aliphatic carbocycles. The minimum atomic E-state index is -1.05. The predicted molar refractivity (Wildman–Crippen MR) is 267 cm³/mol. The molecule has 4 aromatic heterocycles. The van der Waals surface area contributed by atoms with E-state index in [0.29, 0.717) is 22.7 Å². The minimum absolute atomic E-state index is 0.0784. The van der Waals surface area contributed by atoms with Crippen molar-refractivity contribution in [2.75, 3.05) is 19.8 Å². The fourth-order valence-corrected chi connectivity index (χ4v) is 7.86. The summed E-state index contributed by atoms with van der Waals surface area (Å²) in [5.74, 6) is -2.39. The number of pyridine rings is 2. The van der Waals surface area contributed by atoms with Crippen molar-refractivity contribution in [3.8, 4) is 11.1 Å². The fraction of sp³-hybridized carbons (Fsp3) is 0.407. The predicted octanol–water partition coefficient (Wildman–Crippen LogP) is 8.59. The summed E-state index contributed by atoms with van der Waals surface area (Å²) in [5, 5.41) is 5.31. The Hall–Kier alpha value is -7.76. The van der Waals surface area contributed by atoms with E-state index < -0.39 is 65.0 Å². The Labute approximate surface area is 418 Å². The van der Waals surface area contributed by atoms with Crippen LogP contribution in [-0.4, -0.2) is 104 Å². The highest BCUT2D eigenvalue weighted by Gasteiger charge is 2.33. The number of aromatic nitrogens is 4. The Morgan fingerprint density at radius 1 is 0.528 bits per heavy atom. The molecule has 2 aromatic carbocycles. The van der Waals surface area contributed by atoms with Crippen molar-refractivity contribution in [2.24, 2.45) is 0 Å². The molecule has 0 saturated carbocycles. The van der Waals surface area contributed by atoms with Crippen molar-refractivity contribution in [3.63, 3.8) is 0 Å². The van der Waals surface area contributed by atoms with Crippen LogP contribution in [0.2, 0.25) is 0 Å². The number of rotatable bonds is 14. The molecule has 0 radical (unpaired) electrons. The lowest BCUT2D eigenvalue weighted by Crippen LogP contribution is -2.47. The summed E-state index contributed by atoms with van der Waals surface area (Å²) in [6.45, 7) is 19.7. The van der Waals surface area contributed by atoms with Crippen LogP contribution >= 0.6 is 0 Å². The van der Waals surface area contributed by atoms with Crippen molar-refractivity contribution in [2.45, 2.75) is 124 Å². The van der Waals surface area contributed by atoms with Crippen LogP contribution in [0.25, 0.3) is 22.4 Å². The summed E-state index contributed by atoms with van der Waals surface area (Å²) in [4.78, 5) is 84.4. The van der Waals surface area contributed by atoms with Gasteiger partial charge in [0.25, 0.3) is 0 Å². The number of alkyl carbamates (subject to hydrolysis) is 2. The molecule has 0 fully saturated rings. The maximum Gasteiger partial charge on any atom is 0.408 e. The van der Waals surface area contributed by atoms with E-state index in [2.05, 4.69) is 32.7 Å². The Kier molecular flexibility index (Phi) is 16.8. The van der Waals surface area contributed by atoms with Gasteiger partial charge in [0.2, 0.25) is 0 Å². The molecular formula is C54H64N6O12. The molecule has 0 aliphatic heterocycles. The second kappa shape index (κ2) is 22.5. The van der Waals surface area contributed by atoms with E-state index in [1.807, 2.05) is 36.4 Å². The van der Waals surface area contributed by atoms with Crippen LogP contribution in [0.4, 0.5) is 9.59 Å². The van der Waals surface area contributed by atoms with Gasteiger partial charge >= 0.3 is 36.1 Å². The molecule has 18 nitrogen and oxygen atoms in total. The van der Waals surface area contributed by atoms with Gasteiger partial charge in [-0.15, -0.1) is 0 Å². The fourth-order valence-electron chi connectivity index (χ4n) is 7.86. The van der Waals surface area contributed by atoms with Crippen molar-refractivity contribution in [1.82, 2.24) is 29.4 Å². The van der Waals surface area contributed by atoms with Gasteiger partial charge in [-0.25, -0.2) is 38.7 Å². The van der Waals surface area contributed by atoms with Crippen molar-refractivity contribution < 1.29 is 57.2 Å². The lowest BCUT2D eigenvalue weighted by Gasteiger charge is -2.26. The smallest absolute Gasteiger partial charge is 0.408 e. The van der Waals surface area contributed by atoms with Gasteiger partial charge in [0.15, 0.2) is 11.4 Å². The van der Waals surface area contributed by atoms with Gasteiger partial charge in [-0.1, -0.05) is 60.7 Å². The number of hydrogen-bond donors (Lipinski definition) is 2. The number of esters is 4. The molecule has 7 rings (SSSR count). The average molecular weight is 989 g/mol. The summed E-state index contributed by atoms with van der Waals surface area (Å²) in [6.07, 6.45) is 1.82. The third kappa shape index (κ3) is 14.2. The second-order valence-corrected chi connectivity index (χ2v) is 19.9. The molecular weight excluding hydrogens is 925 g/mol. The molecule has 0 unspecified atom stereocenters. The normalized spacial score (nSPS) is 13.1. The number of nitrogens with one attached hydrogen (secondary N) is 2. The average Bonchev–Trinajstić information content (AvgIpc) is 4.02. The molecule has 2 N–H and O–H groups in total. The zero-order valence-corrected chi connectivity index (χ0v) is 42.7. The third-order valence-electron chi connectivity index (χ3n) is 10.7. The second-order valence-electron chi connectivity index (χ2n) is 19.9. The first-order chi connectivity index (χ1) is 33.9. The maximum absolute atomic E-state index is 13.2. The molecule has 0 saturated heterocycles. The molecule has 382 valence electrons.